The molecule has 1 aromatic rings. The lowest BCUT2D eigenvalue weighted by atomic mass is 10.4. The van der Waals surface area contributed by atoms with Gasteiger partial charge in [-0.25, -0.2) is 0 Å². The van der Waals surface area contributed by atoms with E-state index in [1.54, 1.807) is 7.05 Å². The summed E-state index contributed by atoms with van der Waals surface area (Å²) in [6, 6.07) is 1.92. The van der Waals surface area contributed by atoms with Crippen LogP contribution in [0.2, 0.25) is 0 Å². The van der Waals surface area contributed by atoms with Crippen LogP contribution in [0.3, 0.4) is 0 Å². The zero-order valence-corrected chi connectivity index (χ0v) is 7.87. The minimum atomic E-state index is -0.452. The summed E-state index contributed by atoms with van der Waals surface area (Å²) in [5, 5.41) is 2.40. The molecule has 1 rings (SSSR count). The summed E-state index contributed by atoms with van der Waals surface area (Å²) in [4.78, 5) is 12.1. The van der Waals surface area contributed by atoms with Gasteiger partial charge in [0, 0.05) is 7.05 Å². The molecular formula is C7H8ClNOS. The number of hydrogen-bond donors (Lipinski definition) is 0. The average molecular weight is 190 g/mol. The van der Waals surface area contributed by atoms with Crippen LogP contribution in [0.4, 0.5) is 9.80 Å². The number of nitrogens with zero attached hydrogens (tertiary/aromatic N) is 1. The Labute approximate surface area is 74.4 Å². The first-order chi connectivity index (χ1) is 5.11. The van der Waals surface area contributed by atoms with Crippen molar-refractivity contribution in [2.45, 2.75) is 6.92 Å². The summed E-state index contributed by atoms with van der Waals surface area (Å²) in [6.45, 7) is 1.98. The van der Waals surface area contributed by atoms with Gasteiger partial charge in [0.2, 0.25) is 0 Å². The van der Waals surface area contributed by atoms with Crippen molar-refractivity contribution in [2.75, 3.05) is 11.9 Å². The van der Waals surface area contributed by atoms with Crippen LogP contribution in [0.15, 0.2) is 11.4 Å². The van der Waals surface area contributed by atoms with Gasteiger partial charge in [0.25, 0.3) is 0 Å². The molecule has 11 heavy (non-hydrogen) atoms. The normalized spacial score (nSPS) is 9.73. The number of carbonyl (C=O) groups is 1. The standard InChI is InChI=1S/C7H8ClNOS/c1-5-3-6(11-4-5)9(2)7(8)10/h3-4H,1-2H3. The van der Waals surface area contributed by atoms with Gasteiger partial charge < -0.3 is 0 Å². The van der Waals surface area contributed by atoms with Crippen LogP contribution in [-0.4, -0.2) is 12.4 Å². The average Bonchev–Trinajstić information content (AvgIpc) is 2.34. The predicted molar refractivity (Wildman–Crippen MR) is 48.7 cm³/mol. The smallest absolute Gasteiger partial charge is 0.293 e. The Balaban J connectivity index is 2.84. The SMILES string of the molecule is Cc1csc(N(C)C(=O)Cl)c1. The third kappa shape index (κ3) is 1.94. The first-order valence-corrected chi connectivity index (χ1v) is 4.35. The van der Waals surface area contributed by atoms with E-state index < -0.39 is 5.37 Å². The Bertz CT molecular complexity index is 271. The molecule has 0 aromatic carbocycles. The topological polar surface area (TPSA) is 20.3 Å². The van der Waals surface area contributed by atoms with E-state index >= 15 is 0 Å². The minimum Gasteiger partial charge on any atom is -0.293 e. The molecule has 0 fully saturated rings. The second kappa shape index (κ2) is 3.24. The fourth-order valence-corrected chi connectivity index (χ4v) is 1.69. The molecule has 0 spiro atoms. The molecule has 1 amide bonds. The molecule has 0 saturated heterocycles. The zero-order valence-electron chi connectivity index (χ0n) is 6.30. The van der Waals surface area contributed by atoms with Gasteiger partial charge in [-0.2, -0.15) is 0 Å². The molecular weight excluding hydrogens is 182 g/mol. The predicted octanol–water partition coefficient (Wildman–Crippen LogP) is 2.85. The Hall–Kier alpha value is -0.540. The molecule has 0 saturated carbocycles. The third-order valence-corrected chi connectivity index (χ3v) is 2.69. The van der Waals surface area contributed by atoms with Crippen LogP contribution < -0.4 is 4.90 Å². The number of anilines is 1. The third-order valence-electron chi connectivity index (χ3n) is 1.31. The van der Waals surface area contributed by atoms with E-state index in [4.69, 9.17) is 11.6 Å². The molecule has 1 aromatic heterocycles. The molecule has 2 nitrogen and oxygen atoms in total. The number of amides is 1. The van der Waals surface area contributed by atoms with Gasteiger partial charge in [0.15, 0.2) is 0 Å². The van der Waals surface area contributed by atoms with E-state index in [9.17, 15) is 4.79 Å². The van der Waals surface area contributed by atoms with E-state index in [2.05, 4.69) is 0 Å². The molecule has 0 aliphatic carbocycles. The second-order valence-corrected chi connectivity index (χ2v) is 3.49. The summed E-state index contributed by atoms with van der Waals surface area (Å²) < 4.78 is 0. The molecule has 0 bridgehead atoms. The number of hydrogen-bond acceptors (Lipinski definition) is 2. The fourth-order valence-electron chi connectivity index (χ4n) is 0.679. The quantitative estimate of drug-likeness (QED) is 0.492. The van der Waals surface area contributed by atoms with Crippen LogP contribution in [0.25, 0.3) is 0 Å². The maximum absolute atomic E-state index is 10.7. The molecule has 0 radical (unpaired) electrons. The highest BCUT2D eigenvalue weighted by molar-refractivity contribution is 7.14. The number of halogens is 1. The first-order valence-electron chi connectivity index (χ1n) is 3.09. The largest absolute Gasteiger partial charge is 0.321 e. The number of rotatable bonds is 1. The van der Waals surface area contributed by atoms with Gasteiger partial charge in [-0.3, -0.25) is 9.69 Å². The van der Waals surface area contributed by atoms with E-state index in [-0.39, 0.29) is 0 Å². The Morgan fingerprint density at radius 3 is 2.73 bits per heavy atom. The van der Waals surface area contributed by atoms with Crippen molar-refractivity contribution < 1.29 is 4.79 Å². The van der Waals surface area contributed by atoms with Gasteiger partial charge in [-0.15, -0.1) is 11.3 Å². The van der Waals surface area contributed by atoms with Gasteiger partial charge in [0.05, 0.1) is 5.00 Å². The van der Waals surface area contributed by atoms with Gasteiger partial charge in [-0.05, 0) is 35.5 Å². The molecule has 0 atom stereocenters. The molecule has 4 heteroatoms. The van der Waals surface area contributed by atoms with Crippen molar-refractivity contribution in [1.82, 2.24) is 0 Å². The van der Waals surface area contributed by atoms with Crippen molar-refractivity contribution >= 4 is 33.3 Å². The number of thiophene rings is 1. The number of carbonyl (C=O) groups excluding carboxylic acids is 1. The van der Waals surface area contributed by atoms with Crippen molar-refractivity contribution in [1.29, 1.82) is 0 Å². The van der Waals surface area contributed by atoms with E-state index in [1.807, 2.05) is 18.4 Å². The van der Waals surface area contributed by atoms with E-state index in [0.717, 1.165) is 10.6 Å². The van der Waals surface area contributed by atoms with Crippen molar-refractivity contribution in [2.24, 2.45) is 0 Å². The molecule has 0 unspecified atom stereocenters. The van der Waals surface area contributed by atoms with E-state index in [0.29, 0.717) is 0 Å². The molecule has 0 aliphatic heterocycles. The number of aryl methyl sites for hydroxylation is 1. The first kappa shape index (κ1) is 8.56. The monoisotopic (exact) mass is 189 g/mol. The van der Waals surface area contributed by atoms with Crippen LogP contribution in [0.5, 0.6) is 0 Å². The van der Waals surface area contributed by atoms with Crippen molar-refractivity contribution in [3.05, 3.63) is 17.0 Å². The molecule has 60 valence electrons. The highest BCUT2D eigenvalue weighted by atomic mass is 35.5. The van der Waals surface area contributed by atoms with Gasteiger partial charge in [0.1, 0.15) is 0 Å². The van der Waals surface area contributed by atoms with Crippen molar-refractivity contribution in [3.8, 4) is 0 Å². The van der Waals surface area contributed by atoms with Crippen LogP contribution in [-0.2, 0) is 0 Å². The zero-order chi connectivity index (χ0) is 8.43. The highest BCUT2D eigenvalue weighted by Crippen LogP contribution is 2.23. The van der Waals surface area contributed by atoms with Crippen molar-refractivity contribution in [3.63, 3.8) is 0 Å². The highest BCUT2D eigenvalue weighted by Gasteiger charge is 2.08. The summed E-state index contributed by atoms with van der Waals surface area (Å²) >= 11 is 6.77. The Kier molecular flexibility index (Phi) is 2.52. The minimum absolute atomic E-state index is 0.452. The van der Waals surface area contributed by atoms with Gasteiger partial charge >= 0.3 is 5.37 Å². The van der Waals surface area contributed by atoms with Crippen LogP contribution in [0.1, 0.15) is 5.56 Å². The Morgan fingerprint density at radius 2 is 2.36 bits per heavy atom. The molecule has 0 aliphatic rings. The summed E-state index contributed by atoms with van der Waals surface area (Å²) in [6.07, 6.45) is 0. The summed E-state index contributed by atoms with van der Waals surface area (Å²) in [5.74, 6) is 0. The Morgan fingerprint density at radius 1 is 1.73 bits per heavy atom. The lowest BCUT2D eigenvalue weighted by Gasteiger charge is -2.08. The second-order valence-electron chi connectivity index (χ2n) is 2.27. The lowest BCUT2D eigenvalue weighted by molar-refractivity contribution is 0.265. The van der Waals surface area contributed by atoms with Crippen LogP contribution >= 0.6 is 22.9 Å². The lowest BCUT2D eigenvalue weighted by Crippen LogP contribution is -2.17. The van der Waals surface area contributed by atoms with Gasteiger partial charge in [-0.1, -0.05) is 0 Å². The maximum Gasteiger partial charge on any atom is 0.321 e. The summed E-state index contributed by atoms with van der Waals surface area (Å²) in [5.41, 5.74) is 1.15. The molecule has 1 heterocycles. The summed E-state index contributed by atoms with van der Waals surface area (Å²) in [7, 11) is 1.65. The van der Waals surface area contributed by atoms with E-state index in [1.165, 1.54) is 16.2 Å². The maximum atomic E-state index is 10.7. The van der Waals surface area contributed by atoms with Crippen LogP contribution in [0, 0.1) is 6.92 Å². The fraction of sp³-hybridized carbons (Fsp3) is 0.286. The molecule has 0 N–H and O–H groups in total.